The molecule has 1 fully saturated rings. The van der Waals surface area contributed by atoms with Crippen molar-refractivity contribution in [1.82, 2.24) is 0 Å². The number of carbonyl (C=O) groups is 2. The number of methoxy groups -OCH3 is 2. The van der Waals surface area contributed by atoms with Crippen molar-refractivity contribution in [3.63, 3.8) is 0 Å². The van der Waals surface area contributed by atoms with Gasteiger partial charge in [0.1, 0.15) is 18.3 Å². The minimum atomic E-state index is -1.79. The number of benzene rings is 1. The predicted octanol–water partition coefficient (Wildman–Crippen LogP) is -0.730. The molecule has 0 saturated carbocycles. The molecule has 0 radical (unpaired) electrons. The van der Waals surface area contributed by atoms with E-state index in [1.54, 1.807) is 6.08 Å². The summed E-state index contributed by atoms with van der Waals surface area (Å²) >= 11 is 0. The molecule has 0 unspecified atom stereocenters. The first kappa shape index (κ1) is 28.6. The van der Waals surface area contributed by atoms with Crippen molar-refractivity contribution >= 4 is 11.9 Å². The van der Waals surface area contributed by atoms with Crippen LogP contribution >= 0.6 is 0 Å². The molecule has 39 heavy (non-hydrogen) atoms. The van der Waals surface area contributed by atoms with E-state index in [1.807, 2.05) is 0 Å². The number of carboxylic acid groups (broad SMARTS) is 1. The minimum absolute atomic E-state index is 0.0222. The number of hydrogen-bond donors (Lipinski definition) is 6. The van der Waals surface area contributed by atoms with Crippen molar-refractivity contribution in [3.05, 3.63) is 41.2 Å². The zero-order valence-corrected chi connectivity index (χ0v) is 21.0. The zero-order chi connectivity index (χ0) is 28.4. The average Bonchev–Trinajstić information content (AvgIpc) is 3.37. The lowest BCUT2D eigenvalue weighted by atomic mass is 9.83. The van der Waals surface area contributed by atoms with Crippen molar-refractivity contribution < 1.29 is 68.6 Å². The molecule has 0 bridgehead atoms. The number of aliphatic hydroxyl groups is 4. The third-order valence-corrected chi connectivity index (χ3v) is 7.00. The SMILES string of the molecule is COc1cc(C(=O)O[C@H]2[C@H](O[C@@H]3OC=C(C(=O)O)[C@H]4CC=C(CO)[C@@H]34)O[C@H](CO)[C@@H](O)[C@@H]2O)cc(OC)c1O. The molecule has 3 aliphatic rings. The number of allylic oxidation sites excluding steroid dienone is 1. The van der Waals surface area contributed by atoms with Gasteiger partial charge in [-0.1, -0.05) is 6.08 Å². The quantitative estimate of drug-likeness (QED) is 0.164. The maximum Gasteiger partial charge on any atom is 0.338 e. The van der Waals surface area contributed by atoms with Crippen molar-refractivity contribution in [2.45, 2.75) is 43.4 Å². The van der Waals surface area contributed by atoms with E-state index in [2.05, 4.69) is 0 Å². The summed E-state index contributed by atoms with van der Waals surface area (Å²) in [6.45, 7) is -1.11. The van der Waals surface area contributed by atoms with Crippen LogP contribution in [0.4, 0.5) is 0 Å². The Morgan fingerprint density at radius 2 is 1.72 bits per heavy atom. The number of carbonyl (C=O) groups excluding carboxylic acids is 1. The lowest BCUT2D eigenvalue weighted by molar-refractivity contribution is -0.338. The topological polar surface area (TPSA) is 211 Å². The van der Waals surface area contributed by atoms with Crippen LogP contribution in [0.15, 0.2) is 35.6 Å². The Morgan fingerprint density at radius 3 is 2.28 bits per heavy atom. The highest BCUT2D eigenvalue weighted by Gasteiger charge is 2.51. The van der Waals surface area contributed by atoms with Crippen LogP contribution in [0.25, 0.3) is 0 Å². The number of aliphatic hydroxyl groups excluding tert-OH is 4. The lowest BCUT2D eigenvalue weighted by Gasteiger charge is -2.44. The Bertz CT molecular complexity index is 1120. The number of rotatable bonds is 9. The van der Waals surface area contributed by atoms with E-state index in [9.17, 15) is 40.2 Å². The van der Waals surface area contributed by atoms with Crippen molar-refractivity contribution in [2.24, 2.45) is 11.8 Å². The highest BCUT2D eigenvalue weighted by Crippen LogP contribution is 2.44. The van der Waals surface area contributed by atoms with E-state index in [0.717, 1.165) is 6.26 Å². The molecule has 0 spiro atoms. The molecule has 0 aromatic heterocycles. The van der Waals surface area contributed by atoms with Crippen molar-refractivity contribution in [2.75, 3.05) is 27.4 Å². The van der Waals surface area contributed by atoms with Gasteiger partial charge in [-0.25, -0.2) is 9.59 Å². The molecular weight excluding hydrogens is 524 g/mol. The Hall–Kier alpha value is -3.40. The van der Waals surface area contributed by atoms with Crippen LogP contribution in [-0.2, 0) is 23.7 Å². The van der Waals surface area contributed by atoms with E-state index in [1.165, 1.54) is 26.4 Å². The summed E-state index contributed by atoms with van der Waals surface area (Å²) in [6.07, 6.45) is -6.27. The molecule has 1 saturated heterocycles. The smallest absolute Gasteiger partial charge is 0.338 e. The van der Waals surface area contributed by atoms with Crippen LogP contribution in [0.1, 0.15) is 16.8 Å². The summed E-state index contributed by atoms with van der Waals surface area (Å²) in [5.74, 6) is -4.11. The van der Waals surface area contributed by atoms with Crippen LogP contribution in [0.2, 0.25) is 0 Å². The number of phenolic OH excluding ortho intramolecular Hbond substituents is 1. The summed E-state index contributed by atoms with van der Waals surface area (Å²) in [4.78, 5) is 24.8. The third-order valence-electron chi connectivity index (χ3n) is 7.00. The second-order valence-electron chi connectivity index (χ2n) is 9.13. The second-order valence-corrected chi connectivity index (χ2v) is 9.13. The fraction of sp³-hybridized carbons (Fsp3) is 0.520. The normalized spacial score (nSPS) is 31.8. The summed E-state index contributed by atoms with van der Waals surface area (Å²) in [7, 11) is 2.52. The predicted molar refractivity (Wildman–Crippen MR) is 127 cm³/mol. The number of aliphatic carboxylic acids is 1. The van der Waals surface area contributed by atoms with Crippen molar-refractivity contribution in [3.8, 4) is 17.2 Å². The Kier molecular flexibility index (Phi) is 8.64. The molecular formula is C25H30O14. The van der Waals surface area contributed by atoms with E-state index in [4.69, 9.17) is 28.4 Å². The lowest BCUT2D eigenvalue weighted by Crippen LogP contribution is -2.61. The average molecular weight is 555 g/mol. The van der Waals surface area contributed by atoms with E-state index in [0.29, 0.717) is 12.0 Å². The Labute approximate surface area is 222 Å². The molecule has 6 N–H and O–H groups in total. The van der Waals surface area contributed by atoms with Gasteiger partial charge in [0.15, 0.2) is 17.6 Å². The van der Waals surface area contributed by atoms with Gasteiger partial charge in [-0.3, -0.25) is 0 Å². The van der Waals surface area contributed by atoms with Gasteiger partial charge in [0.05, 0.1) is 50.7 Å². The monoisotopic (exact) mass is 554 g/mol. The summed E-state index contributed by atoms with van der Waals surface area (Å²) < 4.78 is 32.7. The minimum Gasteiger partial charge on any atom is -0.502 e. The molecule has 2 aliphatic heterocycles. The summed E-state index contributed by atoms with van der Waals surface area (Å²) in [6, 6.07) is 2.34. The third kappa shape index (κ3) is 5.39. The maximum absolute atomic E-state index is 13.1. The van der Waals surface area contributed by atoms with Gasteiger partial charge in [-0.05, 0) is 24.1 Å². The Morgan fingerprint density at radius 1 is 1.05 bits per heavy atom. The first-order valence-corrected chi connectivity index (χ1v) is 12.0. The highest BCUT2D eigenvalue weighted by molar-refractivity contribution is 5.91. The van der Waals surface area contributed by atoms with Gasteiger partial charge in [-0.15, -0.1) is 0 Å². The van der Waals surface area contributed by atoms with Gasteiger partial charge >= 0.3 is 11.9 Å². The van der Waals surface area contributed by atoms with Crippen LogP contribution in [-0.4, -0.2) is 107 Å². The van der Waals surface area contributed by atoms with Gasteiger partial charge in [-0.2, -0.15) is 0 Å². The maximum atomic E-state index is 13.1. The second kappa shape index (κ2) is 11.8. The molecule has 4 rings (SSSR count). The fourth-order valence-corrected chi connectivity index (χ4v) is 4.94. The van der Waals surface area contributed by atoms with Crippen molar-refractivity contribution in [1.29, 1.82) is 0 Å². The summed E-state index contributed by atoms with van der Waals surface area (Å²) in [5, 5.41) is 60.4. The molecule has 2 heterocycles. The van der Waals surface area contributed by atoms with E-state index >= 15 is 0 Å². The number of phenols is 1. The number of fused-ring (bicyclic) bond motifs is 1. The number of hydrogen-bond acceptors (Lipinski definition) is 13. The molecule has 0 amide bonds. The number of carboxylic acids is 1. The molecule has 14 nitrogen and oxygen atoms in total. The standard InChI is InChI=1S/C25H30O14/c1-34-14-5-11(6-15(35-2)18(14)28)23(33)38-21-20(30)19(29)16(8-27)37-25(21)39-24-17-10(7-26)3-4-12(17)13(9-36-24)22(31)32/h3,5-6,9,12,16-17,19-21,24-30H,4,7-8H2,1-2H3,(H,31,32)/t12-,16-,17-,19-,20+,21-,24+,25+/m1/s1. The molecule has 214 valence electrons. The van der Waals surface area contributed by atoms with E-state index in [-0.39, 0.29) is 28.4 Å². The Balaban J connectivity index is 1.62. The van der Waals surface area contributed by atoms with Crippen LogP contribution in [0.3, 0.4) is 0 Å². The first-order valence-electron chi connectivity index (χ1n) is 12.0. The number of aromatic hydroxyl groups is 1. The zero-order valence-electron chi connectivity index (χ0n) is 21.0. The largest absolute Gasteiger partial charge is 0.502 e. The van der Waals surface area contributed by atoms with Crippen LogP contribution in [0.5, 0.6) is 17.2 Å². The van der Waals surface area contributed by atoms with Gasteiger partial charge in [0, 0.05) is 5.92 Å². The molecule has 1 aromatic carbocycles. The van der Waals surface area contributed by atoms with Crippen LogP contribution in [0, 0.1) is 11.8 Å². The number of ether oxygens (including phenoxy) is 6. The molecule has 1 aromatic rings. The fourth-order valence-electron chi connectivity index (χ4n) is 4.94. The summed E-state index contributed by atoms with van der Waals surface area (Å²) in [5.41, 5.74) is 0.297. The van der Waals surface area contributed by atoms with E-state index < -0.39 is 74.0 Å². The van der Waals surface area contributed by atoms with Gasteiger partial charge in [0.2, 0.25) is 18.3 Å². The van der Waals surface area contributed by atoms with Gasteiger partial charge in [0.25, 0.3) is 0 Å². The highest BCUT2D eigenvalue weighted by atomic mass is 16.8. The molecule has 14 heteroatoms. The van der Waals surface area contributed by atoms with Gasteiger partial charge < -0.3 is 59.1 Å². The molecule has 8 atom stereocenters. The van der Waals surface area contributed by atoms with Crippen LogP contribution < -0.4 is 9.47 Å². The number of esters is 1. The first-order chi connectivity index (χ1) is 18.6. The molecule has 1 aliphatic carbocycles.